The molecule has 8 rings (SSSR count). The van der Waals surface area contributed by atoms with Crippen LogP contribution in [0.2, 0.25) is 0 Å². The van der Waals surface area contributed by atoms with Crippen molar-refractivity contribution in [2.24, 2.45) is 10.4 Å². The third kappa shape index (κ3) is 18.9. The van der Waals surface area contributed by atoms with Crippen molar-refractivity contribution in [1.29, 1.82) is 0 Å². The third-order valence-corrected chi connectivity index (χ3v) is 15.8. The van der Waals surface area contributed by atoms with E-state index in [1.807, 2.05) is 123 Å². The highest BCUT2D eigenvalue weighted by Crippen LogP contribution is 2.46. The van der Waals surface area contributed by atoms with Gasteiger partial charge in [0.25, 0.3) is 0 Å². The standard InChI is InChI=1S/C38H43NO6.C38H45NO4/c1-4-6-7-8-9-16-25-38(37(42)43)27(3)33(34(40)29-21-17-24-31(26-29)44-30-22-14-11-15-23-30)39-32(18-5-2)35(38)45-36(41)28-19-12-10-13-20-28;1-4-6-7-8-9-16-25-41-38(40)36-29(3)35(27-31-21-17-24-33(26-31)43-32-22-14-11-15-23-32)39-34(18-5-2)37(36)42-28-30-19-12-10-13-20-30/h10-15,17,19-24,26,35H,4-9,16,18,25H2,1-3H3,(H,42,43);10-15,17,19-24,26H,4-9,16,18,25,27-28H2,1-3H3. The summed E-state index contributed by atoms with van der Waals surface area (Å²) in [5, 5.41) is 11.0. The van der Waals surface area contributed by atoms with E-state index < -0.39 is 29.2 Å². The first-order chi connectivity index (χ1) is 42.9. The molecular formula is C76H88N2O10. The predicted molar refractivity (Wildman–Crippen MR) is 349 cm³/mol. The van der Waals surface area contributed by atoms with Crippen molar-refractivity contribution in [1.82, 2.24) is 4.98 Å². The Morgan fingerprint density at radius 2 is 1.05 bits per heavy atom. The summed E-state index contributed by atoms with van der Waals surface area (Å²) in [6, 6.07) is 52.4. The van der Waals surface area contributed by atoms with Gasteiger partial charge in [-0.1, -0.05) is 220 Å². The number of rotatable bonds is 33. The van der Waals surface area contributed by atoms with Crippen LogP contribution in [0, 0.1) is 12.3 Å². The first-order valence-corrected chi connectivity index (χ1v) is 31.7. The van der Waals surface area contributed by atoms with E-state index in [2.05, 4.69) is 26.8 Å². The number of pyridine rings is 1. The van der Waals surface area contributed by atoms with Crippen molar-refractivity contribution in [3.63, 3.8) is 0 Å². The summed E-state index contributed by atoms with van der Waals surface area (Å²) in [4.78, 5) is 64.6. The van der Waals surface area contributed by atoms with Gasteiger partial charge in [0.15, 0.2) is 11.9 Å². The molecule has 6 aromatic carbocycles. The van der Waals surface area contributed by atoms with Crippen LogP contribution in [0.15, 0.2) is 186 Å². The molecule has 0 saturated carbocycles. The number of aliphatic carboxylic acids is 1. The van der Waals surface area contributed by atoms with Gasteiger partial charge < -0.3 is 28.8 Å². The van der Waals surface area contributed by atoms with Crippen LogP contribution in [0.3, 0.4) is 0 Å². The zero-order valence-electron chi connectivity index (χ0n) is 52.4. The lowest BCUT2D eigenvalue weighted by molar-refractivity contribution is -0.151. The Balaban J connectivity index is 0.000000251. The van der Waals surface area contributed by atoms with Crippen LogP contribution in [0.25, 0.3) is 0 Å². The molecule has 462 valence electrons. The maximum Gasteiger partial charge on any atom is 0.342 e. The van der Waals surface area contributed by atoms with Crippen LogP contribution < -0.4 is 14.2 Å². The number of hydrogen-bond donors (Lipinski definition) is 1. The number of carbonyl (C=O) groups is 4. The van der Waals surface area contributed by atoms with E-state index in [0.717, 1.165) is 90.9 Å². The van der Waals surface area contributed by atoms with E-state index in [1.165, 1.54) is 25.7 Å². The molecule has 0 aliphatic carbocycles. The fourth-order valence-electron chi connectivity index (χ4n) is 11.0. The van der Waals surface area contributed by atoms with Gasteiger partial charge in [-0.2, -0.15) is 0 Å². The number of Topliss-reactive ketones (excluding diaryl/α,β-unsaturated/α-hetero) is 1. The first-order valence-electron chi connectivity index (χ1n) is 31.7. The largest absolute Gasteiger partial charge is 0.486 e. The van der Waals surface area contributed by atoms with E-state index >= 15 is 0 Å². The number of aryl methyl sites for hydroxylation is 1. The van der Waals surface area contributed by atoms with Gasteiger partial charge in [-0.25, -0.2) is 14.6 Å². The molecule has 2 atom stereocenters. The monoisotopic (exact) mass is 1190 g/mol. The number of unbranched alkanes of at least 4 members (excludes halogenated alkanes) is 10. The van der Waals surface area contributed by atoms with Crippen molar-refractivity contribution in [2.45, 2.75) is 170 Å². The van der Waals surface area contributed by atoms with Crippen LogP contribution in [-0.4, -0.2) is 52.2 Å². The third-order valence-electron chi connectivity index (χ3n) is 15.8. The molecule has 0 bridgehead atoms. The number of carboxylic acids is 1. The number of nitrogens with zero attached hydrogens (tertiary/aromatic N) is 2. The molecule has 2 heterocycles. The maximum atomic E-state index is 14.2. The normalized spacial score (nSPS) is 14.4. The minimum atomic E-state index is -1.65. The minimum Gasteiger partial charge on any atom is -0.486 e. The molecule has 0 fully saturated rings. The summed E-state index contributed by atoms with van der Waals surface area (Å²) in [7, 11) is 0. The van der Waals surface area contributed by atoms with Crippen molar-refractivity contribution in [3.8, 4) is 28.7 Å². The van der Waals surface area contributed by atoms with Crippen molar-refractivity contribution in [3.05, 3.63) is 226 Å². The zero-order valence-corrected chi connectivity index (χ0v) is 52.4. The van der Waals surface area contributed by atoms with Crippen LogP contribution in [-0.2, 0) is 33.7 Å². The second kappa shape index (κ2) is 35.2. The Bertz CT molecular complexity index is 3400. The average molecular weight is 1190 g/mol. The van der Waals surface area contributed by atoms with Crippen molar-refractivity contribution >= 4 is 29.4 Å². The number of benzene rings is 6. The Labute approximate surface area is 521 Å². The number of aliphatic imine (C=N–C) groups is 1. The zero-order chi connectivity index (χ0) is 62.5. The lowest BCUT2D eigenvalue weighted by atomic mass is 9.67. The molecule has 88 heavy (non-hydrogen) atoms. The lowest BCUT2D eigenvalue weighted by Crippen LogP contribution is -2.52. The molecule has 0 amide bonds. The van der Waals surface area contributed by atoms with Crippen molar-refractivity contribution < 1.29 is 48.0 Å². The van der Waals surface area contributed by atoms with Gasteiger partial charge in [0.05, 0.1) is 23.6 Å². The molecule has 1 aromatic heterocycles. The summed E-state index contributed by atoms with van der Waals surface area (Å²) < 4.78 is 30.4. The highest BCUT2D eigenvalue weighted by Gasteiger charge is 2.55. The SMILES string of the molecule is CCCCCCCCC1(C(=O)O)C(C)=C(C(=O)c2cccc(Oc3ccccc3)c2)N=C(CCC)C1OC(=O)c1ccccc1.CCCCCCCCOC(=O)c1c(C)c(Cc2cccc(Oc3ccccc3)c2)nc(CCC)c1OCc1ccccc1. The molecule has 12 heteroatoms. The number of allylic oxidation sites excluding steroid dienone is 1. The Morgan fingerprint density at radius 3 is 1.65 bits per heavy atom. The second-order valence-corrected chi connectivity index (χ2v) is 22.5. The smallest absolute Gasteiger partial charge is 0.342 e. The summed E-state index contributed by atoms with van der Waals surface area (Å²) in [6.45, 7) is 12.8. The van der Waals surface area contributed by atoms with Gasteiger partial charge in [0, 0.05) is 17.7 Å². The highest BCUT2D eigenvalue weighted by molar-refractivity contribution is 6.13. The first kappa shape index (κ1) is 66.9. The molecule has 2 unspecified atom stereocenters. The average Bonchev–Trinajstić information content (AvgIpc) is 0.812. The number of hydrogen-bond acceptors (Lipinski definition) is 11. The quantitative estimate of drug-likeness (QED) is 0.0237. The van der Waals surface area contributed by atoms with Gasteiger partial charge in [-0.05, 0) is 122 Å². The second-order valence-electron chi connectivity index (χ2n) is 22.5. The molecule has 12 nitrogen and oxygen atoms in total. The fourth-order valence-corrected chi connectivity index (χ4v) is 11.0. The maximum absolute atomic E-state index is 14.2. The van der Waals surface area contributed by atoms with Gasteiger partial charge >= 0.3 is 17.9 Å². The molecule has 0 spiro atoms. The molecule has 7 aromatic rings. The number of ketones is 1. The van der Waals surface area contributed by atoms with Crippen molar-refractivity contribution in [2.75, 3.05) is 6.61 Å². The van der Waals surface area contributed by atoms with E-state index in [1.54, 1.807) is 61.5 Å². The number of para-hydroxylation sites is 2. The number of esters is 2. The molecule has 1 aliphatic heterocycles. The fraction of sp³-hybridized carbons (Fsp3) is 0.368. The van der Waals surface area contributed by atoms with Crippen LogP contribution in [0.5, 0.6) is 28.7 Å². The predicted octanol–water partition coefficient (Wildman–Crippen LogP) is 19.1. The van der Waals surface area contributed by atoms with Crippen LogP contribution in [0.1, 0.15) is 197 Å². The van der Waals surface area contributed by atoms with Gasteiger partial charge in [0.2, 0.25) is 5.78 Å². The summed E-state index contributed by atoms with van der Waals surface area (Å²) >= 11 is 0. The number of aromatic nitrogens is 1. The minimum absolute atomic E-state index is 0.0794. The van der Waals surface area contributed by atoms with Gasteiger partial charge in [0.1, 0.15) is 46.3 Å². The highest BCUT2D eigenvalue weighted by atomic mass is 16.5. The van der Waals surface area contributed by atoms with E-state index in [4.69, 9.17) is 33.7 Å². The summed E-state index contributed by atoms with van der Waals surface area (Å²) in [5.41, 5.74) is 4.79. The number of ether oxygens (including phenoxy) is 5. The summed E-state index contributed by atoms with van der Waals surface area (Å²) in [6.07, 6.45) is 14.7. The Hall–Kier alpha value is -8.64. The number of carbonyl (C=O) groups excluding carboxylic acids is 3. The van der Waals surface area contributed by atoms with E-state index in [0.29, 0.717) is 90.5 Å². The molecule has 0 saturated heterocycles. The lowest BCUT2D eigenvalue weighted by Gasteiger charge is -2.41. The van der Waals surface area contributed by atoms with Gasteiger partial charge in [-0.15, -0.1) is 0 Å². The Morgan fingerprint density at radius 1 is 0.523 bits per heavy atom. The van der Waals surface area contributed by atoms with Crippen LogP contribution >= 0.6 is 0 Å². The van der Waals surface area contributed by atoms with E-state index in [9.17, 15) is 24.3 Å². The topological polar surface area (TPSA) is 160 Å². The molecule has 1 aliphatic rings. The van der Waals surface area contributed by atoms with Crippen LogP contribution in [0.4, 0.5) is 0 Å². The molecular weight excluding hydrogens is 1100 g/mol. The Kier molecular flexibility index (Phi) is 26.8. The van der Waals surface area contributed by atoms with E-state index in [-0.39, 0.29) is 18.1 Å². The number of carboxylic acid groups (broad SMARTS) is 1. The molecule has 0 radical (unpaired) electrons. The van der Waals surface area contributed by atoms with Gasteiger partial charge in [-0.3, -0.25) is 14.6 Å². The summed E-state index contributed by atoms with van der Waals surface area (Å²) in [5.74, 6) is 0.709. The molecule has 1 N–H and O–H groups in total.